The average Bonchev–Trinajstić information content (AvgIpc) is 3.46. The van der Waals surface area contributed by atoms with Gasteiger partial charge >= 0.3 is 0 Å². The van der Waals surface area contributed by atoms with Crippen molar-refractivity contribution in [1.82, 2.24) is 24.9 Å². The third-order valence-corrected chi connectivity index (χ3v) is 6.75. The molecule has 5 aromatic heterocycles. The van der Waals surface area contributed by atoms with Crippen LogP contribution in [0.1, 0.15) is 22.1 Å². The first kappa shape index (κ1) is 17.9. The Morgan fingerprint density at radius 2 is 1.43 bits per heavy atom. The van der Waals surface area contributed by atoms with Crippen molar-refractivity contribution in [2.45, 2.75) is 5.92 Å². The van der Waals surface area contributed by atoms with E-state index < -0.39 is 0 Å². The molecule has 0 atom stereocenters. The number of hydrogen-bond acceptors (Lipinski definition) is 4. The Morgan fingerprint density at radius 1 is 0.833 bits per heavy atom. The number of nitrogens with one attached hydrogen (secondary N) is 2. The molecule has 1 aromatic carbocycles. The summed E-state index contributed by atoms with van der Waals surface area (Å²) in [6.45, 7) is 0. The molecule has 0 aliphatic carbocycles. The van der Waals surface area contributed by atoms with E-state index in [4.69, 9.17) is 28.2 Å². The minimum absolute atomic E-state index is 0.134. The van der Waals surface area contributed by atoms with Gasteiger partial charge in [0.05, 0.1) is 26.2 Å². The van der Waals surface area contributed by atoms with Gasteiger partial charge in [0, 0.05) is 35.6 Å². The monoisotopic (exact) mass is 449 g/mol. The summed E-state index contributed by atoms with van der Waals surface area (Å²) in [5.41, 5.74) is 4.67. The zero-order chi connectivity index (χ0) is 20.2. The molecule has 0 aliphatic rings. The topological polar surface area (TPSA) is 70.2 Å². The normalized spacial score (nSPS) is 12.0. The highest BCUT2D eigenvalue weighted by Crippen LogP contribution is 2.42. The number of aromatic nitrogens is 5. The predicted octanol–water partition coefficient (Wildman–Crippen LogP) is 6.54. The summed E-state index contributed by atoms with van der Waals surface area (Å²) >= 11 is 14.2. The van der Waals surface area contributed by atoms with Crippen LogP contribution in [0.15, 0.2) is 61.2 Å². The van der Waals surface area contributed by atoms with Crippen molar-refractivity contribution < 1.29 is 0 Å². The van der Waals surface area contributed by atoms with Gasteiger partial charge in [-0.25, -0.2) is 15.0 Å². The van der Waals surface area contributed by atoms with Crippen LogP contribution in [0.2, 0.25) is 10.0 Å². The lowest BCUT2D eigenvalue weighted by Crippen LogP contribution is -2.02. The fourth-order valence-electron chi connectivity index (χ4n) is 3.92. The number of hydrogen-bond donors (Lipinski definition) is 2. The van der Waals surface area contributed by atoms with Gasteiger partial charge in [-0.15, -0.1) is 11.3 Å². The molecule has 0 fully saturated rings. The molecule has 5 nitrogen and oxygen atoms in total. The number of benzene rings is 1. The van der Waals surface area contributed by atoms with Crippen molar-refractivity contribution in [2.24, 2.45) is 0 Å². The van der Waals surface area contributed by atoms with Crippen LogP contribution in [-0.2, 0) is 0 Å². The first-order valence-corrected chi connectivity index (χ1v) is 10.8. The summed E-state index contributed by atoms with van der Waals surface area (Å²) in [5.74, 6) is -0.134. The van der Waals surface area contributed by atoms with Gasteiger partial charge in [0.15, 0.2) is 0 Å². The van der Waals surface area contributed by atoms with Gasteiger partial charge < -0.3 is 9.97 Å². The summed E-state index contributed by atoms with van der Waals surface area (Å²) in [5, 5.41) is 4.11. The molecule has 0 saturated carbocycles. The van der Waals surface area contributed by atoms with Crippen molar-refractivity contribution in [2.75, 3.05) is 0 Å². The van der Waals surface area contributed by atoms with Gasteiger partial charge in [-0.05, 0) is 35.4 Å². The van der Waals surface area contributed by atoms with E-state index in [1.54, 1.807) is 23.7 Å². The largest absolute Gasteiger partial charge is 0.346 e. The number of pyridine rings is 2. The molecule has 0 amide bonds. The van der Waals surface area contributed by atoms with Crippen molar-refractivity contribution in [3.05, 3.63) is 87.4 Å². The second-order valence-electron chi connectivity index (χ2n) is 7.04. The van der Waals surface area contributed by atoms with Crippen molar-refractivity contribution in [3.8, 4) is 0 Å². The lowest BCUT2D eigenvalue weighted by molar-refractivity contribution is 0.981. The Bertz CT molecular complexity index is 1430. The van der Waals surface area contributed by atoms with E-state index in [1.807, 2.05) is 42.7 Å². The number of aromatic amines is 2. The average molecular weight is 450 g/mol. The van der Waals surface area contributed by atoms with Crippen LogP contribution in [0.5, 0.6) is 0 Å². The Hall–Kier alpha value is -2.93. The van der Waals surface area contributed by atoms with E-state index >= 15 is 0 Å². The van der Waals surface area contributed by atoms with Gasteiger partial charge in [-0.1, -0.05) is 35.3 Å². The lowest BCUT2D eigenvalue weighted by atomic mass is 9.92. The molecule has 0 saturated heterocycles. The minimum Gasteiger partial charge on any atom is -0.346 e. The standard InChI is InChI=1S/C22H13Cl2N5S/c23-11-5-13-15(9-27-20(13)25-7-11)19(22-29-17-3-1-2-4-18(17)30-22)16-10-28-21-14(16)6-12(24)8-26-21/h1-10,19H,(H,25,27)(H,26,28). The van der Waals surface area contributed by atoms with E-state index in [2.05, 4.69) is 26.0 Å². The number of rotatable bonds is 3. The molecule has 0 bridgehead atoms. The fourth-order valence-corrected chi connectivity index (χ4v) is 5.34. The molecule has 2 N–H and O–H groups in total. The molecule has 6 aromatic rings. The highest BCUT2D eigenvalue weighted by atomic mass is 35.5. The van der Waals surface area contributed by atoms with Gasteiger partial charge in [0.1, 0.15) is 16.3 Å². The second-order valence-corrected chi connectivity index (χ2v) is 8.98. The third-order valence-electron chi connectivity index (χ3n) is 5.24. The molecule has 0 aliphatic heterocycles. The zero-order valence-electron chi connectivity index (χ0n) is 15.4. The summed E-state index contributed by atoms with van der Waals surface area (Å²) in [6, 6.07) is 12.0. The van der Waals surface area contributed by atoms with Crippen LogP contribution in [0.3, 0.4) is 0 Å². The van der Waals surface area contributed by atoms with Crippen LogP contribution in [0.25, 0.3) is 32.3 Å². The maximum Gasteiger partial charge on any atom is 0.137 e. The lowest BCUT2D eigenvalue weighted by Gasteiger charge is -2.14. The molecule has 0 unspecified atom stereocenters. The Morgan fingerprint density at radius 3 is 2.03 bits per heavy atom. The number of H-pyrrole nitrogens is 2. The van der Waals surface area contributed by atoms with E-state index in [0.717, 1.165) is 48.4 Å². The molecule has 8 heteroatoms. The van der Waals surface area contributed by atoms with E-state index in [-0.39, 0.29) is 5.92 Å². The van der Waals surface area contributed by atoms with Crippen LogP contribution in [0.4, 0.5) is 0 Å². The van der Waals surface area contributed by atoms with Crippen molar-refractivity contribution >= 4 is 66.8 Å². The number of halogens is 2. The quantitative estimate of drug-likeness (QED) is 0.322. The Balaban J connectivity index is 1.67. The fraction of sp³-hybridized carbons (Fsp3) is 0.0455. The molecular formula is C22H13Cl2N5S. The molecule has 146 valence electrons. The Labute approximate surface area is 184 Å². The highest BCUT2D eigenvalue weighted by Gasteiger charge is 2.27. The summed E-state index contributed by atoms with van der Waals surface area (Å²) < 4.78 is 1.14. The number of thiazole rings is 1. The maximum atomic E-state index is 6.28. The SMILES string of the molecule is Clc1cnc2[nH]cc(C(c3nc4ccccc4s3)c3c[nH]c4ncc(Cl)cc34)c2c1. The van der Waals surface area contributed by atoms with Crippen LogP contribution >= 0.6 is 34.5 Å². The highest BCUT2D eigenvalue weighted by molar-refractivity contribution is 7.18. The smallest absolute Gasteiger partial charge is 0.137 e. The van der Waals surface area contributed by atoms with Crippen LogP contribution < -0.4 is 0 Å². The van der Waals surface area contributed by atoms with Gasteiger partial charge in [0.25, 0.3) is 0 Å². The maximum absolute atomic E-state index is 6.28. The molecule has 6 rings (SSSR count). The van der Waals surface area contributed by atoms with Gasteiger partial charge in [-0.3, -0.25) is 0 Å². The molecule has 0 spiro atoms. The van der Waals surface area contributed by atoms with E-state index in [9.17, 15) is 0 Å². The number of para-hydroxylation sites is 1. The van der Waals surface area contributed by atoms with Crippen LogP contribution in [0, 0.1) is 0 Å². The predicted molar refractivity (Wildman–Crippen MR) is 123 cm³/mol. The van der Waals surface area contributed by atoms with E-state index in [0.29, 0.717) is 10.0 Å². The van der Waals surface area contributed by atoms with Gasteiger partial charge in [0.2, 0.25) is 0 Å². The third kappa shape index (κ3) is 2.80. The van der Waals surface area contributed by atoms with E-state index in [1.165, 1.54) is 0 Å². The number of nitrogens with zero attached hydrogens (tertiary/aromatic N) is 3. The molecule has 0 radical (unpaired) electrons. The van der Waals surface area contributed by atoms with Gasteiger partial charge in [-0.2, -0.15) is 0 Å². The zero-order valence-corrected chi connectivity index (χ0v) is 17.7. The molecule has 30 heavy (non-hydrogen) atoms. The second kappa shape index (κ2) is 6.80. The summed E-state index contributed by atoms with van der Waals surface area (Å²) in [4.78, 5) is 20.4. The first-order chi connectivity index (χ1) is 14.7. The molecule has 5 heterocycles. The van der Waals surface area contributed by atoms with Crippen LogP contribution in [-0.4, -0.2) is 24.9 Å². The first-order valence-electron chi connectivity index (χ1n) is 9.28. The number of fused-ring (bicyclic) bond motifs is 3. The summed E-state index contributed by atoms with van der Waals surface area (Å²) in [6.07, 6.45) is 7.27. The van der Waals surface area contributed by atoms with Crippen molar-refractivity contribution in [3.63, 3.8) is 0 Å². The molecular weight excluding hydrogens is 437 g/mol. The van der Waals surface area contributed by atoms with Crippen molar-refractivity contribution in [1.29, 1.82) is 0 Å². The minimum atomic E-state index is -0.134. The summed E-state index contributed by atoms with van der Waals surface area (Å²) in [7, 11) is 0. The Kier molecular flexibility index (Phi) is 4.06.